The van der Waals surface area contributed by atoms with Crippen LogP contribution < -0.4 is 9.62 Å². The Kier molecular flexibility index (Phi) is 6.49. The molecule has 114 valence electrons. The predicted octanol–water partition coefficient (Wildman–Crippen LogP) is 2.54. The maximum absolute atomic E-state index is 12.6. The quantitative estimate of drug-likeness (QED) is 0.750. The number of nitrogens with zero attached hydrogens (tertiary/aromatic N) is 1. The zero-order valence-corrected chi connectivity index (χ0v) is 13.7. The first-order valence-electron chi connectivity index (χ1n) is 7.22. The molecule has 1 unspecified atom stereocenters. The molecule has 0 saturated carbocycles. The van der Waals surface area contributed by atoms with Crippen LogP contribution >= 0.6 is 0 Å². The highest BCUT2D eigenvalue weighted by molar-refractivity contribution is 7.93. The lowest BCUT2D eigenvalue weighted by Gasteiger charge is -2.27. The lowest BCUT2D eigenvalue weighted by molar-refractivity contribution is 0.567. The van der Waals surface area contributed by atoms with Crippen molar-refractivity contribution in [2.24, 2.45) is 0 Å². The molecule has 1 aromatic rings. The van der Waals surface area contributed by atoms with Crippen LogP contribution in [0.1, 0.15) is 32.8 Å². The van der Waals surface area contributed by atoms with Gasteiger partial charge in [0.05, 0.1) is 10.9 Å². The van der Waals surface area contributed by atoms with E-state index in [0.29, 0.717) is 13.1 Å². The van der Waals surface area contributed by atoms with Crippen molar-refractivity contribution in [3.8, 4) is 0 Å². The average molecular weight is 298 g/mol. The van der Waals surface area contributed by atoms with Crippen LogP contribution in [0.5, 0.6) is 0 Å². The van der Waals surface area contributed by atoms with Crippen molar-refractivity contribution >= 4 is 15.7 Å². The number of sulfonamides is 1. The molecule has 0 fully saturated rings. The van der Waals surface area contributed by atoms with Gasteiger partial charge in [0.15, 0.2) is 0 Å². The molecule has 1 N–H and O–H groups in total. The molecular weight excluding hydrogens is 272 g/mol. The van der Waals surface area contributed by atoms with Crippen molar-refractivity contribution in [3.05, 3.63) is 29.8 Å². The van der Waals surface area contributed by atoms with Crippen LogP contribution in [0.3, 0.4) is 0 Å². The van der Waals surface area contributed by atoms with Gasteiger partial charge in [-0.05, 0) is 45.9 Å². The van der Waals surface area contributed by atoms with Crippen molar-refractivity contribution < 1.29 is 8.42 Å². The third-order valence-electron chi connectivity index (χ3n) is 3.28. The number of benzene rings is 1. The highest BCUT2D eigenvalue weighted by Crippen LogP contribution is 2.21. The largest absolute Gasteiger partial charge is 0.315 e. The molecule has 1 atom stereocenters. The normalized spacial score (nSPS) is 13.2. The van der Waals surface area contributed by atoms with Crippen LogP contribution in [0.2, 0.25) is 0 Å². The fraction of sp³-hybridized carbons (Fsp3) is 0.600. The molecule has 1 aromatic carbocycles. The number of aryl methyl sites for hydroxylation is 1. The molecule has 0 heterocycles. The standard InChI is InChI=1S/C15H26N2O2S/c1-5-11-16-12-14(4)20(18,19)17(6-2)15-9-7-13(3)8-10-15/h7-10,14,16H,5-6,11-12H2,1-4H3. The summed E-state index contributed by atoms with van der Waals surface area (Å²) in [5.41, 5.74) is 1.86. The van der Waals surface area contributed by atoms with Crippen molar-refractivity contribution in [1.82, 2.24) is 5.32 Å². The van der Waals surface area contributed by atoms with Crippen LogP contribution in [0.15, 0.2) is 24.3 Å². The predicted molar refractivity (Wildman–Crippen MR) is 85.7 cm³/mol. The fourth-order valence-corrected chi connectivity index (χ4v) is 3.56. The van der Waals surface area contributed by atoms with E-state index >= 15 is 0 Å². The minimum atomic E-state index is -3.33. The van der Waals surface area contributed by atoms with Gasteiger partial charge in [-0.25, -0.2) is 8.42 Å². The summed E-state index contributed by atoms with van der Waals surface area (Å²) in [6.07, 6.45) is 1.00. The molecule has 0 aliphatic carbocycles. The number of anilines is 1. The molecule has 5 heteroatoms. The van der Waals surface area contributed by atoms with Gasteiger partial charge in [0.25, 0.3) is 0 Å². The van der Waals surface area contributed by atoms with E-state index in [1.54, 1.807) is 6.92 Å². The Morgan fingerprint density at radius 2 is 1.80 bits per heavy atom. The molecule has 0 bridgehead atoms. The summed E-state index contributed by atoms with van der Waals surface area (Å²) in [6, 6.07) is 7.60. The van der Waals surface area contributed by atoms with Gasteiger partial charge in [-0.1, -0.05) is 24.6 Å². The smallest absolute Gasteiger partial charge is 0.239 e. The minimum Gasteiger partial charge on any atom is -0.315 e. The molecule has 0 amide bonds. The molecule has 0 saturated heterocycles. The summed E-state index contributed by atoms with van der Waals surface area (Å²) in [6.45, 7) is 9.46. The second-order valence-electron chi connectivity index (χ2n) is 5.06. The average Bonchev–Trinajstić information content (AvgIpc) is 2.41. The van der Waals surface area contributed by atoms with Gasteiger partial charge in [-0.15, -0.1) is 0 Å². The fourth-order valence-electron chi connectivity index (χ4n) is 2.03. The molecule has 20 heavy (non-hydrogen) atoms. The SMILES string of the molecule is CCCNCC(C)S(=O)(=O)N(CC)c1ccc(C)cc1. The zero-order valence-electron chi connectivity index (χ0n) is 12.9. The van der Waals surface area contributed by atoms with E-state index in [1.807, 2.05) is 38.1 Å². The van der Waals surface area contributed by atoms with Crippen molar-refractivity contribution in [2.75, 3.05) is 23.9 Å². The molecule has 4 nitrogen and oxygen atoms in total. The van der Waals surface area contributed by atoms with E-state index in [2.05, 4.69) is 12.2 Å². The zero-order chi connectivity index (χ0) is 15.2. The first kappa shape index (κ1) is 17.0. The second-order valence-corrected chi connectivity index (χ2v) is 7.34. The highest BCUT2D eigenvalue weighted by Gasteiger charge is 2.27. The molecule has 0 spiro atoms. The molecule has 0 radical (unpaired) electrons. The Bertz CT molecular complexity index is 497. The monoisotopic (exact) mass is 298 g/mol. The Labute approximate surface area is 123 Å². The highest BCUT2D eigenvalue weighted by atomic mass is 32.2. The van der Waals surface area contributed by atoms with Crippen LogP contribution in [-0.2, 0) is 10.0 Å². The van der Waals surface area contributed by atoms with E-state index < -0.39 is 15.3 Å². The lowest BCUT2D eigenvalue weighted by atomic mass is 10.2. The lowest BCUT2D eigenvalue weighted by Crippen LogP contribution is -2.42. The van der Waals surface area contributed by atoms with Gasteiger partial charge in [0.1, 0.15) is 0 Å². The van der Waals surface area contributed by atoms with Gasteiger partial charge >= 0.3 is 0 Å². The Morgan fingerprint density at radius 1 is 1.20 bits per heavy atom. The van der Waals surface area contributed by atoms with E-state index in [1.165, 1.54) is 4.31 Å². The van der Waals surface area contributed by atoms with Crippen molar-refractivity contribution in [3.63, 3.8) is 0 Å². The number of nitrogens with one attached hydrogen (secondary N) is 1. The first-order chi connectivity index (χ1) is 9.43. The Morgan fingerprint density at radius 3 is 2.30 bits per heavy atom. The van der Waals surface area contributed by atoms with Crippen LogP contribution in [-0.4, -0.2) is 33.3 Å². The maximum Gasteiger partial charge on any atom is 0.239 e. The van der Waals surface area contributed by atoms with Crippen molar-refractivity contribution in [1.29, 1.82) is 0 Å². The van der Waals surface area contributed by atoms with E-state index in [0.717, 1.165) is 24.2 Å². The van der Waals surface area contributed by atoms with Gasteiger partial charge < -0.3 is 5.32 Å². The Balaban J connectivity index is 2.89. The van der Waals surface area contributed by atoms with Crippen LogP contribution in [0.25, 0.3) is 0 Å². The summed E-state index contributed by atoms with van der Waals surface area (Å²) in [5.74, 6) is 0. The molecular formula is C15H26N2O2S. The summed E-state index contributed by atoms with van der Waals surface area (Å²) in [5, 5.41) is 2.74. The van der Waals surface area contributed by atoms with Gasteiger partial charge in [0.2, 0.25) is 10.0 Å². The second kappa shape index (κ2) is 7.64. The van der Waals surface area contributed by atoms with Crippen LogP contribution in [0, 0.1) is 6.92 Å². The molecule has 0 aromatic heterocycles. The topological polar surface area (TPSA) is 49.4 Å². The van der Waals surface area contributed by atoms with Crippen molar-refractivity contribution in [2.45, 2.75) is 39.4 Å². The third-order valence-corrected chi connectivity index (χ3v) is 5.55. The minimum absolute atomic E-state index is 0.435. The van der Waals surface area contributed by atoms with Crippen LogP contribution in [0.4, 0.5) is 5.69 Å². The molecule has 0 aliphatic heterocycles. The number of hydrogen-bond acceptors (Lipinski definition) is 3. The van der Waals surface area contributed by atoms with Gasteiger partial charge in [0, 0.05) is 13.1 Å². The summed E-state index contributed by atoms with van der Waals surface area (Å²) in [7, 11) is -3.33. The van der Waals surface area contributed by atoms with Gasteiger partial charge in [-0.3, -0.25) is 4.31 Å². The van der Waals surface area contributed by atoms with E-state index in [-0.39, 0.29) is 0 Å². The third kappa shape index (κ3) is 4.21. The number of rotatable bonds is 8. The van der Waals surface area contributed by atoms with E-state index in [9.17, 15) is 8.42 Å². The molecule has 1 rings (SSSR count). The summed E-state index contributed by atoms with van der Waals surface area (Å²) >= 11 is 0. The summed E-state index contributed by atoms with van der Waals surface area (Å²) in [4.78, 5) is 0. The molecule has 0 aliphatic rings. The number of hydrogen-bond donors (Lipinski definition) is 1. The maximum atomic E-state index is 12.6. The van der Waals surface area contributed by atoms with E-state index in [4.69, 9.17) is 0 Å². The van der Waals surface area contributed by atoms with Gasteiger partial charge in [-0.2, -0.15) is 0 Å². The summed E-state index contributed by atoms with van der Waals surface area (Å²) < 4.78 is 26.7. The Hall–Kier alpha value is -1.07. The first-order valence-corrected chi connectivity index (χ1v) is 8.72.